The second-order valence-corrected chi connectivity index (χ2v) is 8.59. The van der Waals surface area contributed by atoms with Crippen LogP contribution in [-0.2, 0) is 11.3 Å². The van der Waals surface area contributed by atoms with Gasteiger partial charge in [-0.25, -0.2) is 4.99 Å². The predicted octanol–water partition coefficient (Wildman–Crippen LogP) is 4.49. The van der Waals surface area contributed by atoms with Crippen LogP contribution in [0.3, 0.4) is 0 Å². The van der Waals surface area contributed by atoms with E-state index in [1.807, 2.05) is 47.4 Å². The van der Waals surface area contributed by atoms with E-state index in [4.69, 9.17) is 19.2 Å². The van der Waals surface area contributed by atoms with Crippen molar-refractivity contribution in [3.05, 3.63) is 52.6 Å². The topological polar surface area (TPSA) is 65.3 Å². The van der Waals surface area contributed by atoms with Crippen molar-refractivity contribution < 1.29 is 19.0 Å². The van der Waals surface area contributed by atoms with E-state index < -0.39 is 0 Å². The van der Waals surface area contributed by atoms with Crippen LogP contribution < -0.4 is 19.0 Å². The number of nitrogens with zero attached hydrogens (tertiary/aromatic N) is 3. The van der Waals surface area contributed by atoms with Gasteiger partial charge in [0.2, 0.25) is 11.7 Å². The number of hydrogen-bond donors (Lipinski definition) is 0. The molecule has 0 N–H and O–H groups in total. The molecule has 1 aliphatic rings. The molecule has 1 amide bonds. The fraction of sp³-hybridized carbons (Fsp3) is 0.360. The fourth-order valence-electron chi connectivity index (χ4n) is 4.07. The predicted molar refractivity (Wildman–Crippen MR) is 129 cm³/mol. The van der Waals surface area contributed by atoms with Crippen molar-refractivity contribution >= 4 is 22.9 Å². The first-order valence-electron chi connectivity index (χ1n) is 11.0. The number of carbonyl (C=O) groups excluding carboxylic acids is 1. The lowest BCUT2D eigenvalue weighted by molar-refractivity contribution is -0.127. The Morgan fingerprint density at radius 3 is 2.33 bits per heavy atom. The first kappa shape index (κ1) is 22.9. The van der Waals surface area contributed by atoms with Crippen LogP contribution in [0.2, 0.25) is 0 Å². The Hall–Kier alpha value is -3.26. The number of benzene rings is 2. The van der Waals surface area contributed by atoms with Crippen molar-refractivity contribution in [2.45, 2.75) is 25.8 Å². The summed E-state index contributed by atoms with van der Waals surface area (Å²) in [5.74, 6) is 2.03. The van der Waals surface area contributed by atoms with Gasteiger partial charge < -0.3 is 23.7 Å². The fourth-order valence-corrected chi connectivity index (χ4v) is 5.02. The molecule has 3 aromatic rings. The Balaban J connectivity index is 1.73. The van der Waals surface area contributed by atoms with Crippen molar-refractivity contribution in [1.82, 2.24) is 9.47 Å². The highest BCUT2D eigenvalue weighted by Gasteiger charge is 2.20. The van der Waals surface area contributed by atoms with Crippen molar-refractivity contribution in [1.29, 1.82) is 0 Å². The molecule has 33 heavy (non-hydrogen) atoms. The smallest absolute Gasteiger partial charge is 0.222 e. The second-order valence-electron chi connectivity index (χ2n) is 7.75. The average molecular weight is 468 g/mol. The average Bonchev–Trinajstić information content (AvgIpc) is 3.44. The van der Waals surface area contributed by atoms with Gasteiger partial charge in [0.25, 0.3) is 0 Å². The summed E-state index contributed by atoms with van der Waals surface area (Å²) >= 11 is 1.59. The van der Waals surface area contributed by atoms with Gasteiger partial charge in [-0.1, -0.05) is 18.2 Å². The molecule has 0 spiro atoms. The minimum absolute atomic E-state index is 0.254. The van der Waals surface area contributed by atoms with Crippen LogP contribution in [0.15, 0.2) is 52.8 Å². The maximum atomic E-state index is 12.0. The largest absolute Gasteiger partial charge is 0.493 e. The number of aromatic nitrogens is 1. The van der Waals surface area contributed by atoms with E-state index >= 15 is 0 Å². The van der Waals surface area contributed by atoms with Crippen molar-refractivity contribution in [3.8, 4) is 28.5 Å². The van der Waals surface area contributed by atoms with E-state index in [9.17, 15) is 4.79 Å². The second kappa shape index (κ2) is 10.6. The molecular formula is C25H29N3O4S. The number of thiazole rings is 1. The summed E-state index contributed by atoms with van der Waals surface area (Å²) in [6, 6.07) is 13.8. The van der Waals surface area contributed by atoms with Crippen LogP contribution in [0.1, 0.15) is 19.3 Å². The highest BCUT2D eigenvalue weighted by atomic mass is 32.1. The van der Waals surface area contributed by atoms with Gasteiger partial charge in [-0.3, -0.25) is 4.79 Å². The lowest BCUT2D eigenvalue weighted by Crippen LogP contribution is -2.27. The normalized spacial score (nSPS) is 14.1. The molecule has 0 saturated carbocycles. The summed E-state index contributed by atoms with van der Waals surface area (Å²) in [6.45, 7) is 2.35. The molecule has 8 heteroatoms. The van der Waals surface area contributed by atoms with Crippen LogP contribution in [0.25, 0.3) is 11.3 Å². The third-order valence-corrected chi connectivity index (χ3v) is 6.58. The van der Waals surface area contributed by atoms with E-state index in [-0.39, 0.29) is 5.91 Å². The van der Waals surface area contributed by atoms with Gasteiger partial charge in [-0.15, -0.1) is 11.3 Å². The maximum Gasteiger partial charge on any atom is 0.222 e. The molecule has 2 heterocycles. The van der Waals surface area contributed by atoms with Gasteiger partial charge in [-0.2, -0.15) is 0 Å². The Morgan fingerprint density at radius 2 is 1.73 bits per heavy atom. The number of hydrogen-bond acceptors (Lipinski definition) is 6. The summed E-state index contributed by atoms with van der Waals surface area (Å²) in [5.41, 5.74) is 2.87. The van der Waals surface area contributed by atoms with Gasteiger partial charge >= 0.3 is 0 Å². The molecule has 174 valence electrons. The number of rotatable bonds is 9. The Morgan fingerprint density at radius 1 is 1.00 bits per heavy atom. The summed E-state index contributed by atoms with van der Waals surface area (Å²) in [7, 11) is 4.83. The van der Waals surface area contributed by atoms with Gasteiger partial charge in [-0.05, 0) is 37.1 Å². The number of carbonyl (C=O) groups is 1. The zero-order chi connectivity index (χ0) is 23.2. The first-order valence-corrected chi connectivity index (χ1v) is 11.9. The summed E-state index contributed by atoms with van der Waals surface area (Å²) < 4.78 is 18.8. The van der Waals surface area contributed by atoms with Crippen LogP contribution in [-0.4, -0.2) is 49.8 Å². The van der Waals surface area contributed by atoms with Crippen LogP contribution >= 0.6 is 11.3 Å². The number of para-hydroxylation sites is 1. The van der Waals surface area contributed by atoms with E-state index in [2.05, 4.69) is 9.95 Å². The molecule has 4 rings (SSSR count). The Labute approximate surface area is 197 Å². The molecule has 1 saturated heterocycles. The molecule has 0 radical (unpaired) electrons. The highest BCUT2D eigenvalue weighted by molar-refractivity contribution is 7.07. The SMILES string of the molecule is COc1cc(-c2csc(=Nc3ccccc3)n2CCCN2CCCC2=O)cc(OC)c1OC. The molecule has 0 unspecified atom stereocenters. The summed E-state index contributed by atoms with van der Waals surface area (Å²) in [5, 5.41) is 2.10. The van der Waals surface area contributed by atoms with E-state index in [0.717, 1.165) is 54.2 Å². The molecule has 7 nitrogen and oxygen atoms in total. The summed E-state index contributed by atoms with van der Waals surface area (Å²) in [4.78, 5) is 19.8. The Bertz CT molecular complexity index is 1140. The minimum atomic E-state index is 0.254. The Kier molecular flexibility index (Phi) is 7.34. The van der Waals surface area contributed by atoms with E-state index in [1.54, 1.807) is 32.7 Å². The third-order valence-electron chi connectivity index (χ3n) is 5.72. The number of ether oxygens (including phenoxy) is 3. The zero-order valence-electron chi connectivity index (χ0n) is 19.2. The van der Waals surface area contributed by atoms with Crippen molar-refractivity contribution in [2.75, 3.05) is 34.4 Å². The molecule has 2 aromatic carbocycles. The molecule has 0 bridgehead atoms. The third kappa shape index (κ3) is 5.06. The van der Waals surface area contributed by atoms with Gasteiger partial charge in [0.15, 0.2) is 16.3 Å². The molecule has 1 aromatic heterocycles. The summed E-state index contributed by atoms with van der Waals surface area (Å²) in [6.07, 6.45) is 2.47. The number of amides is 1. The molecule has 0 atom stereocenters. The van der Waals surface area contributed by atoms with E-state index in [0.29, 0.717) is 23.7 Å². The number of likely N-dealkylation sites (tertiary alicyclic amines) is 1. The quantitative estimate of drug-likeness (QED) is 0.465. The monoisotopic (exact) mass is 467 g/mol. The minimum Gasteiger partial charge on any atom is -0.493 e. The van der Waals surface area contributed by atoms with Crippen LogP contribution in [0.4, 0.5) is 5.69 Å². The highest BCUT2D eigenvalue weighted by Crippen LogP contribution is 2.41. The van der Waals surface area contributed by atoms with E-state index in [1.165, 1.54) is 0 Å². The van der Waals surface area contributed by atoms with Gasteiger partial charge in [0, 0.05) is 37.0 Å². The van der Waals surface area contributed by atoms with Gasteiger partial charge in [0.05, 0.1) is 32.7 Å². The molecule has 1 aliphatic heterocycles. The molecular weight excluding hydrogens is 438 g/mol. The van der Waals surface area contributed by atoms with Crippen molar-refractivity contribution in [3.63, 3.8) is 0 Å². The molecule has 1 fully saturated rings. The lowest BCUT2D eigenvalue weighted by Gasteiger charge is -2.17. The van der Waals surface area contributed by atoms with Crippen LogP contribution in [0.5, 0.6) is 17.2 Å². The molecule has 0 aliphatic carbocycles. The van der Waals surface area contributed by atoms with Crippen molar-refractivity contribution in [2.24, 2.45) is 4.99 Å². The van der Waals surface area contributed by atoms with Crippen LogP contribution in [0, 0.1) is 0 Å². The lowest BCUT2D eigenvalue weighted by atomic mass is 10.1. The zero-order valence-corrected chi connectivity index (χ0v) is 20.1. The first-order chi connectivity index (χ1) is 16.1. The standard InChI is InChI=1S/C25H29N3O4S/c1-30-21-15-18(16-22(31-2)24(21)32-3)20-17-33-25(26-19-9-5-4-6-10-19)28(20)14-8-13-27-12-7-11-23(27)29/h4-6,9-10,15-17H,7-8,11-14H2,1-3H3. The number of methoxy groups -OCH3 is 3. The maximum absolute atomic E-state index is 12.0. The van der Waals surface area contributed by atoms with Gasteiger partial charge in [0.1, 0.15) is 0 Å².